The van der Waals surface area contributed by atoms with Crippen LogP contribution in [-0.2, 0) is 17.7 Å². The number of aromatic nitrogens is 3. The molecule has 1 aliphatic heterocycles. The van der Waals surface area contributed by atoms with E-state index in [1.807, 2.05) is 50.2 Å². The van der Waals surface area contributed by atoms with Gasteiger partial charge in [-0.05, 0) is 38.1 Å². The van der Waals surface area contributed by atoms with E-state index in [1.54, 1.807) is 0 Å². The molecule has 0 N–H and O–H groups in total. The van der Waals surface area contributed by atoms with Crippen molar-refractivity contribution in [3.05, 3.63) is 58.5 Å². The Balaban J connectivity index is 1.93. The number of nitrogens with zero attached hydrogens (tertiary/aromatic N) is 3. The van der Waals surface area contributed by atoms with Crippen molar-refractivity contribution in [1.29, 1.82) is 0 Å². The fraction of sp³-hybridized carbons (Fsp3) is 0.333. The molecule has 6 heteroatoms. The summed E-state index contributed by atoms with van der Waals surface area (Å²) in [7, 11) is 0. The zero-order chi connectivity index (χ0) is 19.0. The van der Waals surface area contributed by atoms with Crippen molar-refractivity contribution in [2.45, 2.75) is 32.9 Å². The third-order valence-electron chi connectivity index (χ3n) is 4.76. The number of hydrogen-bond donors (Lipinski definition) is 0. The van der Waals surface area contributed by atoms with Crippen LogP contribution in [0, 0.1) is 13.8 Å². The molecule has 0 bridgehead atoms. The highest BCUT2D eigenvalue weighted by Gasteiger charge is 2.25. The van der Waals surface area contributed by atoms with Crippen LogP contribution < -0.4 is 0 Å². The number of fused-ring (bicyclic) bond motifs is 1. The van der Waals surface area contributed by atoms with Gasteiger partial charge in [0, 0.05) is 39.7 Å². The van der Waals surface area contributed by atoms with Crippen LogP contribution in [0.15, 0.2) is 36.4 Å². The Morgan fingerprint density at radius 1 is 1.15 bits per heavy atom. The van der Waals surface area contributed by atoms with Crippen molar-refractivity contribution in [3.63, 3.8) is 0 Å². The van der Waals surface area contributed by atoms with Crippen LogP contribution >= 0.6 is 11.6 Å². The van der Waals surface area contributed by atoms with Gasteiger partial charge in [0.2, 0.25) is 0 Å². The summed E-state index contributed by atoms with van der Waals surface area (Å²) in [4.78, 5) is 9.43. The molecule has 1 atom stereocenters. The van der Waals surface area contributed by atoms with Crippen LogP contribution in [0.5, 0.6) is 0 Å². The molecular formula is C21H21ClFN3O. The second kappa shape index (κ2) is 7.41. The molecule has 0 fully saturated rings. The van der Waals surface area contributed by atoms with Crippen molar-refractivity contribution < 1.29 is 9.13 Å². The van der Waals surface area contributed by atoms with Gasteiger partial charge in [0.05, 0.1) is 18.8 Å². The molecule has 0 aliphatic carbocycles. The number of imidazole rings is 1. The monoisotopic (exact) mass is 385 g/mol. The first-order valence-electron chi connectivity index (χ1n) is 9.03. The van der Waals surface area contributed by atoms with E-state index in [2.05, 4.69) is 9.55 Å². The maximum Gasteiger partial charge on any atom is 0.141 e. The number of ether oxygens (including phenoxy) is 1. The molecule has 1 aliphatic rings. The average molecular weight is 386 g/mol. The van der Waals surface area contributed by atoms with Gasteiger partial charge in [-0.2, -0.15) is 0 Å². The minimum absolute atomic E-state index is 0.434. The first-order chi connectivity index (χ1) is 13.0. The predicted octanol–water partition coefficient (Wildman–Crippen LogP) is 4.79. The van der Waals surface area contributed by atoms with Gasteiger partial charge in [0.15, 0.2) is 0 Å². The third-order valence-corrected chi connectivity index (χ3v) is 5.00. The molecule has 4 rings (SSSR count). The molecule has 3 aromatic rings. The fourth-order valence-corrected chi connectivity index (χ4v) is 3.85. The van der Waals surface area contributed by atoms with Gasteiger partial charge in [0.25, 0.3) is 0 Å². The number of rotatable bonds is 3. The predicted molar refractivity (Wildman–Crippen MR) is 105 cm³/mol. The normalized spacial score (nSPS) is 16.8. The second-order valence-electron chi connectivity index (χ2n) is 6.89. The van der Waals surface area contributed by atoms with Gasteiger partial charge in [-0.25, -0.2) is 9.37 Å². The summed E-state index contributed by atoms with van der Waals surface area (Å²) in [6, 6.07) is 11.7. The van der Waals surface area contributed by atoms with E-state index in [-0.39, 0.29) is 0 Å². The molecule has 0 amide bonds. The van der Waals surface area contributed by atoms with E-state index in [1.165, 1.54) is 0 Å². The van der Waals surface area contributed by atoms with Crippen molar-refractivity contribution >= 4 is 11.6 Å². The average Bonchev–Trinajstić information content (AvgIpc) is 2.85. The van der Waals surface area contributed by atoms with Crippen molar-refractivity contribution in [3.8, 4) is 22.6 Å². The zero-order valence-electron chi connectivity index (χ0n) is 15.4. The number of benzene rings is 1. The van der Waals surface area contributed by atoms with Crippen molar-refractivity contribution in [1.82, 2.24) is 14.5 Å². The largest absolute Gasteiger partial charge is 0.373 e. The molecule has 0 spiro atoms. The van der Waals surface area contributed by atoms with Crippen LogP contribution in [0.3, 0.4) is 0 Å². The standard InChI is InChI=1S/C21H21ClFN3O/c1-13-8-16(9-14(2)24-13)20-19-6-7-27-18(11-23)12-26(19)21(25-20)15-4-3-5-17(22)10-15/h3-5,8-10,18H,6-7,11-12H2,1-2H3. The maximum absolute atomic E-state index is 13.4. The lowest BCUT2D eigenvalue weighted by atomic mass is 10.1. The van der Waals surface area contributed by atoms with E-state index in [9.17, 15) is 4.39 Å². The van der Waals surface area contributed by atoms with Gasteiger partial charge >= 0.3 is 0 Å². The molecule has 2 aromatic heterocycles. The lowest BCUT2D eigenvalue weighted by Gasteiger charge is -2.14. The number of alkyl halides is 1. The number of halogens is 2. The van der Waals surface area contributed by atoms with Crippen molar-refractivity contribution in [2.24, 2.45) is 0 Å². The van der Waals surface area contributed by atoms with E-state index in [0.29, 0.717) is 24.6 Å². The molecule has 0 radical (unpaired) electrons. The van der Waals surface area contributed by atoms with Crippen molar-refractivity contribution in [2.75, 3.05) is 13.3 Å². The zero-order valence-corrected chi connectivity index (χ0v) is 16.1. The number of hydrogen-bond acceptors (Lipinski definition) is 3. The quantitative estimate of drug-likeness (QED) is 0.650. The number of pyridine rings is 1. The minimum Gasteiger partial charge on any atom is -0.373 e. The van der Waals surface area contributed by atoms with Crippen LogP contribution in [0.2, 0.25) is 5.02 Å². The second-order valence-corrected chi connectivity index (χ2v) is 7.32. The Kier molecular flexibility index (Phi) is 4.98. The Bertz CT molecular complexity index is 965. The highest BCUT2D eigenvalue weighted by atomic mass is 35.5. The SMILES string of the molecule is Cc1cc(-c2nc(-c3cccc(Cl)c3)n3c2CCOC(CF)C3)cc(C)n1. The molecule has 0 saturated carbocycles. The maximum atomic E-state index is 13.4. The highest BCUT2D eigenvalue weighted by Crippen LogP contribution is 2.33. The fourth-order valence-electron chi connectivity index (χ4n) is 3.66. The summed E-state index contributed by atoms with van der Waals surface area (Å²) in [6.07, 6.45) is 0.215. The molecule has 1 aromatic carbocycles. The molecule has 4 nitrogen and oxygen atoms in total. The minimum atomic E-state index is -0.518. The van der Waals surface area contributed by atoms with Crippen LogP contribution in [0.25, 0.3) is 22.6 Å². The van der Waals surface area contributed by atoms with Crippen LogP contribution in [-0.4, -0.2) is 33.9 Å². The van der Waals surface area contributed by atoms with E-state index >= 15 is 0 Å². The smallest absolute Gasteiger partial charge is 0.141 e. The Morgan fingerprint density at radius 2 is 1.93 bits per heavy atom. The van der Waals surface area contributed by atoms with Gasteiger partial charge < -0.3 is 9.30 Å². The molecular weight excluding hydrogens is 365 g/mol. The summed E-state index contributed by atoms with van der Waals surface area (Å²) in [6.45, 7) is 4.35. The summed E-state index contributed by atoms with van der Waals surface area (Å²) in [5, 5.41) is 0.647. The molecule has 0 saturated heterocycles. The summed E-state index contributed by atoms with van der Waals surface area (Å²) in [5.41, 5.74) is 5.80. The van der Waals surface area contributed by atoms with Gasteiger partial charge in [-0.15, -0.1) is 0 Å². The van der Waals surface area contributed by atoms with Crippen LogP contribution in [0.4, 0.5) is 4.39 Å². The van der Waals surface area contributed by atoms with Gasteiger partial charge in [-0.3, -0.25) is 4.98 Å². The Labute approximate surface area is 163 Å². The number of aryl methyl sites for hydroxylation is 2. The molecule has 3 heterocycles. The van der Waals surface area contributed by atoms with Crippen LogP contribution in [0.1, 0.15) is 17.1 Å². The highest BCUT2D eigenvalue weighted by molar-refractivity contribution is 6.30. The van der Waals surface area contributed by atoms with E-state index < -0.39 is 12.8 Å². The third kappa shape index (κ3) is 3.62. The topological polar surface area (TPSA) is 39.9 Å². The Morgan fingerprint density at radius 3 is 2.63 bits per heavy atom. The first kappa shape index (κ1) is 18.1. The summed E-state index contributed by atoms with van der Waals surface area (Å²) in [5.74, 6) is 0.790. The lowest BCUT2D eigenvalue weighted by Crippen LogP contribution is -2.21. The van der Waals surface area contributed by atoms with E-state index in [0.717, 1.165) is 39.7 Å². The lowest BCUT2D eigenvalue weighted by molar-refractivity contribution is 0.0355. The molecule has 27 heavy (non-hydrogen) atoms. The Hall–Kier alpha value is -2.24. The van der Waals surface area contributed by atoms with Gasteiger partial charge in [0.1, 0.15) is 18.6 Å². The summed E-state index contributed by atoms with van der Waals surface area (Å²) < 4.78 is 21.2. The molecule has 140 valence electrons. The first-order valence-corrected chi connectivity index (χ1v) is 9.41. The summed E-state index contributed by atoms with van der Waals surface area (Å²) >= 11 is 6.20. The van der Waals surface area contributed by atoms with E-state index in [4.69, 9.17) is 21.3 Å². The molecule has 1 unspecified atom stereocenters. The van der Waals surface area contributed by atoms with Gasteiger partial charge in [-0.1, -0.05) is 23.7 Å².